The summed E-state index contributed by atoms with van der Waals surface area (Å²) in [5.74, 6) is 0. The van der Waals surface area contributed by atoms with E-state index in [-0.39, 0.29) is 0 Å². The van der Waals surface area contributed by atoms with Crippen molar-refractivity contribution in [3.63, 3.8) is 0 Å². The Labute approximate surface area is 122 Å². The molecule has 20 heavy (non-hydrogen) atoms. The van der Waals surface area contributed by atoms with Crippen molar-refractivity contribution in [2.75, 3.05) is 38.1 Å². The average molecular weight is 280 g/mol. The fourth-order valence-corrected chi connectivity index (χ4v) is 2.71. The van der Waals surface area contributed by atoms with Crippen LogP contribution in [0.15, 0.2) is 10.7 Å². The van der Waals surface area contributed by atoms with E-state index in [2.05, 4.69) is 41.0 Å². The van der Waals surface area contributed by atoms with Gasteiger partial charge in [0.2, 0.25) is 0 Å². The number of piperidine rings is 1. The molecule has 1 aromatic rings. The molecule has 1 aliphatic heterocycles. The van der Waals surface area contributed by atoms with E-state index >= 15 is 0 Å². The van der Waals surface area contributed by atoms with Crippen molar-refractivity contribution in [1.29, 1.82) is 0 Å². The minimum atomic E-state index is 0.549. The van der Waals surface area contributed by atoms with Crippen LogP contribution in [0.25, 0.3) is 0 Å². The van der Waals surface area contributed by atoms with Gasteiger partial charge in [-0.15, -0.1) is 0 Å². The Hall–Kier alpha value is -1.07. The first-order chi connectivity index (χ1) is 9.74. The van der Waals surface area contributed by atoms with E-state index in [1.54, 1.807) is 6.26 Å². The SMILES string of the molecule is CCCNCc1coc(N(C)C2CCN(CC)CC2)n1. The van der Waals surface area contributed by atoms with E-state index in [9.17, 15) is 0 Å². The fourth-order valence-electron chi connectivity index (χ4n) is 2.71. The van der Waals surface area contributed by atoms with Crippen molar-refractivity contribution in [1.82, 2.24) is 15.2 Å². The minimum Gasteiger partial charge on any atom is -0.432 e. The Morgan fingerprint density at radius 2 is 2.15 bits per heavy atom. The number of nitrogens with one attached hydrogen (secondary N) is 1. The number of likely N-dealkylation sites (tertiary alicyclic amines) is 1. The zero-order valence-electron chi connectivity index (χ0n) is 13.1. The third-order valence-corrected chi connectivity index (χ3v) is 4.13. The summed E-state index contributed by atoms with van der Waals surface area (Å²) in [4.78, 5) is 9.28. The van der Waals surface area contributed by atoms with Gasteiger partial charge in [-0.1, -0.05) is 13.8 Å². The molecule has 0 bridgehead atoms. The first-order valence-corrected chi connectivity index (χ1v) is 7.84. The molecular formula is C15H28N4O. The van der Waals surface area contributed by atoms with Gasteiger partial charge in [0.05, 0.1) is 5.69 Å². The Balaban J connectivity index is 1.84. The predicted molar refractivity (Wildman–Crippen MR) is 82.0 cm³/mol. The van der Waals surface area contributed by atoms with Crippen molar-refractivity contribution in [2.45, 2.75) is 45.7 Å². The first-order valence-electron chi connectivity index (χ1n) is 7.84. The molecule has 1 fully saturated rings. The molecule has 0 unspecified atom stereocenters. The zero-order chi connectivity index (χ0) is 14.4. The second-order valence-electron chi connectivity index (χ2n) is 5.57. The highest BCUT2D eigenvalue weighted by Crippen LogP contribution is 2.21. The molecule has 0 aromatic carbocycles. The molecule has 0 spiro atoms. The third-order valence-electron chi connectivity index (χ3n) is 4.13. The lowest BCUT2D eigenvalue weighted by Gasteiger charge is -2.35. The highest BCUT2D eigenvalue weighted by atomic mass is 16.4. The van der Waals surface area contributed by atoms with Crippen LogP contribution in [0, 0.1) is 0 Å². The molecule has 0 saturated carbocycles. The lowest BCUT2D eigenvalue weighted by Crippen LogP contribution is -2.43. The van der Waals surface area contributed by atoms with Crippen molar-refractivity contribution >= 4 is 6.01 Å². The van der Waals surface area contributed by atoms with E-state index in [0.717, 1.165) is 37.8 Å². The van der Waals surface area contributed by atoms with E-state index in [0.29, 0.717) is 6.04 Å². The van der Waals surface area contributed by atoms with Gasteiger partial charge in [-0.3, -0.25) is 0 Å². The van der Waals surface area contributed by atoms with E-state index in [1.165, 1.54) is 25.9 Å². The van der Waals surface area contributed by atoms with E-state index in [1.807, 2.05) is 0 Å². The molecule has 2 rings (SSSR count). The summed E-state index contributed by atoms with van der Waals surface area (Å²) in [6.07, 6.45) is 5.29. The monoisotopic (exact) mass is 280 g/mol. The van der Waals surface area contributed by atoms with Crippen LogP contribution < -0.4 is 10.2 Å². The number of hydrogen-bond acceptors (Lipinski definition) is 5. The Kier molecular flexibility index (Phi) is 5.86. The quantitative estimate of drug-likeness (QED) is 0.775. The molecule has 1 N–H and O–H groups in total. The van der Waals surface area contributed by atoms with Crippen LogP contribution in [-0.2, 0) is 6.54 Å². The van der Waals surface area contributed by atoms with Crippen LogP contribution in [0.5, 0.6) is 0 Å². The van der Waals surface area contributed by atoms with Gasteiger partial charge in [-0.05, 0) is 32.4 Å². The van der Waals surface area contributed by atoms with Crippen molar-refractivity contribution in [2.24, 2.45) is 0 Å². The number of anilines is 1. The average Bonchev–Trinajstić information content (AvgIpc) is 2.96. The molecule has 1 aromatic heterocycles. The topological polar surface area (TPSA) is 44.5 Å². The summed E-state index contributed by atoms with van der Waals surface area (Å²) in [7, 11) is 2.10. The lowest BCUT2D eigenvalue weighted by molar-refractivity contribution is 0.218. The van der Waals surface area contributed by atoms with Gasteiger partial charge in [0.1, 0.15) is 6.26 Å². The standard InChI is InChI=1S/C15H28N4O/c1-4-8-16-11-13-12-20-15(17-13)18(3)14-6-9-19(5-2)10-7-14/h12,14,16H,4-11H2,1-3H3. The molecule has 5 heteroatoms. The van der Waals surface area contributed by atoms with Gasteiger partial charge in [-0.2, -0.15) is 4.98 Å². The Bertz CT molecular complexity index is 385. The molecular weight excluding hydrogens is 252 g/mol. The highest BCUT2D eigenvalue weighted by Gasteiger charge is 2.24. The minimum absolute atomic E-state index is 0.549. The fraction of sp³-hybridized carbons (Fsp3) is 0.800. The van der Waals surface area contributed by atoms with Crippen LogP contribution in [0.4, 0.5) is 6.01 Å². The van der Waals surface area contributed by atoms with Gasteiger partial charge >= 0.3 is 0 Å². The van der Waals surface area contributed by atoms with Crippen molar-refractivity contribution < 1.29 is 4.42 Å². The Morgan fingerprint density at radius 1 is 1.40 bits per heavy atom. The normalized spacial score (nSPS) is 17.6. The maximum atomic E-state index is 5.62. The highest BCUT2D eigenvalue weighted by molar-refractivity contribution is 5.27. The molecule has 5 nitrogen and oxygen atoms in total. The van der Waals surface area contributed by atoms with Crippen LogP contribution in [0.2, 0.25) is 0 Å². The van der Waals surface area contributed by atoms with Crippen LogP contribution in [0.3, 0.4) is 0 Å². The van der Waals surface area contributed by atoms with Crippen LogP contribution >= 0.6 is 0 Å². The summed E-state index contributed by atoms with van der Waals surface area (Å²) in [6, 6.07) is 1.31. The molecule has 0 atom stereocenters. The number of hydrogen-bond donors (Lipinski definition) is 1. The smallest absolute Gasteiger partial charge is 0.297 e. The van der Waals surface area contributed by atoms with Gasteiger partial charge in [-0.25, -0.2) is 0 Å². The van der Waals surface area contributed by atoms with Gasteiger partial charge < -0.3 is 19.5 Å². The molecule has 0 radical (unpaired) electrons. The third kappa shape index (κ3) is 3.96. The van der Waals surface area contributed by atoms with E-state index < -0.39 is 0 Å². The zero-order valence-corrected chi connectivity index (χ0v) is 13.1. The van der Waals surface area contributed by atoms with Gasteiger partial charge in [0.25, 0.3) is 6.01 Å². The molecule has 114 valence electrons. The maximum absolute atomic E-state index is 5.62. The maximum Gasteiger partial charge on any atom is 0.297 e. The molecule has 2 heterocycles. The first kappa shape index (κ1) is 15.3. The summed E-state index contributed by atoms with van der Waals surface area (Å²) >= 11 is 0. The summed E-state index contributed by atoms with van der Waals surface area (Å²) < 4.78 is 5.62. The van der Waals surface area contributed by atoms with Crippen molar-refractivity contribution in [3.05, 3.63) is 12.0 Å². The second kappa shape index (κ2) is 7.64. The van der Waals surface area contributed by atoms with Crippen LogP contribution in [-0.4, -0.2) is 49.2 Å². The number of oxazole rings is 1. The van der Waals surface area contributed by atoms with Gasteiger partial charge in [0, 0.05) is 32.7 Å². The molecule has 0 amide bonds. The summed E-state index contributed by atoms with van der Waals surface area (Å²) in [6.45, 7) is 9.72. The predicted octanol–water partition coefficient (Wildman–Crippen LogP) is 2.09. The van der Waals surface area contributed by atoms with Crippen molar-refractivity contribution in [3.8, 4) is 0 Å². The second-order valence-corrected chi connectivity index (χ2v) is 5.57. The molecule has 1 aliphatic rings. The van der Waals surface area contributed by atoms with E-state index in [4.69, 9.17) is 4.42 Å². The number of rotatable bonds is 7. The molecule has 1 saturated heterocycles. The molecule has 0 aliphatic carbocycles. The Morgan fingerprint density at radius 3 is 2.80 bits per heavy atom. The number of nitrogens with zero attached hydrogens (tertiary/aromatic N) is 3. The largest absolute Gasteiger partial charge is 0.432 e. The lowest BCUT2D eigenvalue weighted by atomic mass is 10.0. The summed E-state index contributed by atoms with van der Waals surface area (Å²) in [5, 5.41) is 3.35. The summed E-state index contributed by atoms with van der Waals surface area (Å²) in [5.41, 5.74) is 0.992. The van der Waals surface area contributed by atoms with Gasteiger partial charge in [0.15, 0.2) is 0 Å². The number of aromatic nitrogens is 1. The van der Waals surface area contributed by atoms with Crippen LogP contribution in [0.1, 0.15) is 38.8 Å².